The predicted octanol–water partition coefficient (Wildman–Crippen LogP) is 1.59. The van der Waals surface area contributed by atoms with E-state index in [-0.39, 0.29) is 0 Å². The summed E-state index contributed by atoms with van der Waals surface area (Å²) in [6, 6.07) is 4.39. The molecule has 2 aromatic rings. The molecule has 1 aliphatic rings. The van der Waals surface area contributed by atoms with Crippen LogP contribution in [0.4, 0.5) is 5.82 Å². The maximum Gasteiger partial charge on any atom is 0.180 e. The summed E-state index contributed by atoms with van der Waals surface area (Å²) in [7, 11) is 0. The third-order valence-corrected chi connectivity index (χ3v) is 3.86. The lowest BCUT2D eigenvalue weighted by Gasteiger charge is -2.38. The number of piperidine rings is 1. The second kappa shape index (κ2) is 5.09. The van der Waals surface area contributed by atoms with E-state index >= 15 is 0 Å². The van der Waals surface area contributed by atoms with Crippen molar-refractivity contribution < 1.29 is 0 Å². The van der Waals surface area contributed by atoms with E-state index in [4.69, 9.17) is 5.73 Å². The Labute approximate surface area is 112 Å². The summed E-state index contributed by atoms with van der Waals surface area (Å²) in [5, 5.41) is 0. The molecule has 0 radical (unpaired) electrons. The molecular weight excluding hydrogens is 238 g/mol. The molecule has 0 amide bonds. The van der Waals surface area contributed by atoms with Crippen molar-refractivity contribution in [1.82, 2.24) is 15.0 Å². The molecule has 5 heteroatoms. The SMILES string of the molecule is CC1CCN(c2ccc3nccnc3n2)C(CN)C1. The third kappa shape index (κ3) is 2.38. The van der Waals surface area contributed by atoms with Crippen LogP contribution in [0.25, 0.3) is 11.2 Å². The van der Waals surface area contributed by atoms with Crippen LogP contribution in [0.1, 0.15) is 19.8 Å². The number of pyridine rings is 1. The minimum atomic E-state index is 0.380. The van der Waals surface area contributed by atoms with Crippen molar-refractivity contribution >= 4 is 17.0 Å². The molecule has 2 N–H and O–H groups in total. The van der Waals surface area contributed by atoms with Gasteiger partial charge in [0.15, 0.2) is 5.65 Å². The first-order valence-electron chi connectivity index (χ1n) is 6.82. The zero-order valence-electron chi connectivity index (χ0n) is 11.2. The largest absolute Gasteiger partial charge is 0.352 e. The number of anilines is 1. The highest BCUT2D eigenvalue weighted by molar-refractivity contribution is 5.71. The number of rotatable bonds is 2. The molecule has 1 aliphatic heterocycles. The molecule has 2 aromatic heterocycles. The molecular formula is C14H19N5. The molecule has 0 aliphatic carbocycles. The van der Waals surface area contributed by atoms with Gasteiger partial charge in [-0.05, 0) is 30.9 Å². The van der Waals surface area contributed by atoms with E-state index in [0.717, 1.165) is 30.2 Å². The molecule has 2 unspecified atom stereocenters. The fourth-order valence-corrected chi connectivity index (χ4v) is 2.78. The van der Waals surface area contributed by atoms with Gasteiger partial charge in [-0.3, -0.25) is 4.98 Å². The van der Waals surface area contributed by atoms with E-state index in [2.05, 4.69) is 26.8 Å². The summed E-state index contributed by atoms with van der Waals surface area (Å²) in [6.07, 6.45) is 5.69. The van der Waals surface area contributed by atoms with Gasteiger partial charge in [-0.15, -0.1) is 0 Å². The molecule has 0 spiro atoms. The molecule has 0 bridgehead atoms. The van der Waals surface area contributed by atoms with Crippen molar-refractivity contribution in [3.63, 3.8) is 0 Å². The van der Waals surface area contributed by atoms with Crippen LogP contribution in [-0.2, 0) is 0 Å². The smallest absolute Gasteiger partial charge is 0.180 e. The quantitative estimate of drug-likeness (QED) is 0.884. The van der Waals surface area contributed by atoms with Crippen LogP contribution in [0.5, 0.6) is 0 Å². The van der Waals surface area contributed by atoms with E-state index in [1.807, 2.05) is 12.1 Å². The van der Waals surface area contributed by atoms with Crippen molar-refractivity contribution in [2.45, 2.75) is 25.8 Å². The normalized spacial score (nSPS) is 23.8. The summed E-state index contributed by atoms with van der Waals surface area (Å²) in [4.78, 5) is 15.5. The lowest BCUT2D eigenvalue weighted by molar-refractivity contribution is 0.365. The highest BCUT2D eigenvalue weighted by atomic mass is 15.2. The monoisotopic (exact) mass is 257 g/mol. The van der Waals surface area contributed by atoms with Gasteiger partial charge >= 0.3 is 0 Å². The summed E-state index contributed by atoms with van der Waals surface area (Å²) in [6.45, 7) is 3.98. The lowest BCUT2D eigenvalue weighted by Crippen LogP contribution is -2.46. The Balaban J connectivity index is 1.94. The molecule has 19 heavy (non-hydrogen) atoms. The Kier molecular flexibility index (Phi) is 3.29. The standard InChI is InChI=1S/C14H19N5/c1-10-4-7-19(11(8-10)9-15)13-3-2-12-14(18-13)17-6-5-16-12/h2-3,5-6,10-11H,4,7-9,15H2,1H3. The van der Waals surface area contributed by atoms with Crippen molar-refractivity contribution in [2.24, 2.45) is 11.7 Å². The maximum absolute atomic E-state index is 5.91. The molecule has 3 heterocycles. The second-order valence-corrected chi connectivity index (χ2v) is 5.28. The zero-order chi connectivity index (χ0) is 13.2. The number of aromatic nitrogens is 3. The van der Waals surface area contributed by atoms with Gasteiger partial charge in [0.2, 0.25) is 0 Å². The minimum absolute atomic E-state index is 0.380. The van der Waals surface area contributed by atoms with Crippen LogP contribution in [-0.4, -0.2) is 34.1 Å². The Morgan fingerprint density at radius 3 is 3.00 bits per heavy atom. The van der Waals surface area contributed by atoms with Crippen LogP contribution >= 0.6 is 0 Å². The van der Waals surface area contributed by atoms with Gasteiger partial charge < -0.3 is 10.6 Å². The molecule has 100 valence electrons. The summed E-state index contributed by atoms with van der Waals surface area (Å²) in [5.41, 5.74) is 7.45. The molecule has 0 saturated carbocycles. The number of nitrogens with two attached hydrogens (primary N) is 1. The number of hydrogen-bond acceptors (Lipinski definition) is 5. The Morgan fingerprint density at radius 1 is 1.32 bits per heavy atom. The van der Waals surface area contributed by atoms with Crippen molar-refractivity contribution in [2.75, 3.05) is 18.0 Å². The Hall–Kier alpha value is -1.75. The first kappa shape index (κ1) is 12.3. The molecule has 3 rings (SSSR count). The first-order valence-corrected chi connectivity index (χ1v) is 6.82. The summed E-state index contributed by atoms with van der Waals surface area (Å²) >= 11 is 0. The third-order valence-electron chi connectivity index (χ3n) is 3.86. The van der Waals surface area contributed by atoms with Gasteiger partial charge in [-0.2, -0.15) is 0 Å². The number of nitrogens with zero attached hydrogens (tertiary/aromatic N) is 4. The zero-order valence-corrected chi connectivity index (χ0v) is 11.2. The maximum atomic E-state index is 5.91. The van der Waals surface area contributed by atoms with Gasteiger partial charge in [0.05, 0.1) is 0 Å². The lowest BCUT2D eigenvalue weighted by atomic mass is 9.92. The number of hydrogen-bond donors (Lipinski definition) is 1. The van der Waals surface area contributed by atoms with Gasteiger partial charge in [0, 0.05) is 31.5 Å². The molecule has 1 saturated heterocycles. The van der Waals surface area contributed by atoms with Crippen molar-refractivity contribution in [3.05, 3.63) is 24.5 Å². The van der Waals surface area contributed by atoms with E-state index in [1.165, 1.54) is 6.42 Å². The highest BCUT2D eigenvalue weighted by Gasteiger charge is 2.26. The molecule has 5 nitrogen and oxygen atoms in total. The molecule has 2 atom stereocenters. The fourth-order valence-electron chi connectivity index (χ4n) is 2.78. The average Bonchev–Trinajstić information content (AvgIpc) is 2.46. The fraction of sp³-hybridized carbons (Fsp3) is 0.500. The predicted molar refractivity (Wildman–Crippen MR) is 75.9 cm³/mol. The van der Waals surface area contributed by atoms with E-state index in [9.17, 15) is 0 Å². The second-order valence-electron chi connectivity index (χ2n) is 5.28. The Bertz CT molecular complexity index is 571. The van der Waals surface area contributed by atoms with Crippen LogP contribution in [0.3, 0.4) is 0 Å². The van der Waals surface area contributed by atoms with Gasteiger partial charge in [-0.1, -0.05) is 6.92 Å². The van der Waals surface area contributed by atoms with Gasteiger partial charge in [0.25, 0.3) is 0 Å². The Morgan fingerprint density at radius 2 is 2.16 bits per heavy atom. The van der Waals surface area contributed by atoms with Crippen LogP contribution in [0, 0.1) is 5.92 Å². The highest BCUT2D eigenvalue weighted by Crippen LogP contribution is 2.26. The molecule has 1 fully saturated rings. The van der Waals surface area contributed by atoms with Crippen LogP contribution in [0.2, 0.25) is 0 Å². The van der Waals surface area contributed by atoms with Crippen molar-refractivity contribution in [1.29, 1.82) is 0 Å². The van der Waals surface area contributed by atoms with Crippen molar-refractivity contribution in [3.8, 4) is 0 Å². The van der Waals surface area contributed by atoms with Gasteiger partial charge in [-0.25, -0.2) is 9.97 Å². The molecule has 0 aromatic carbocycles. The van der Waals surface area contributed by atoms with E-state index in [1.54, 1.807) is 12.4 Å². The first-order chi connectivity index (χ1) is 9.28. The topological polar surface area (TPSA) is 67.9 Å². The van der Waals surface area contributed by atoms with E-state index in [0.29, 0.717) is 18.2 Å². The van der Waals surface area contributed by atoms with E-state index < -0.39 is 0 Å². The average molecular weight is 257 g/mol. The van der Waals surface area contributed by atoms with Crippen LogP contribution < -0.4 is 10.6 Å². The minimum Gasteiger partial charge on any atom is -0.352 e. The van der Waals surface area contributed by atoms with Crippen LogP contribution in [0.15, 0.2) is 24.5 Å². The summed E-state index contributed by atoms with van der Waals surface area (Å²) in [5.74, 6) is 1.71. The number of fused-ring (bicyclic) bond motifs is 1. The van der Waals surface area contributed by atoms with Gasteiger partial charge in [0.1, 0.15) is 11.3 Å². The summed E-state index contributed by atoms with van der Waals surface area (Å²) < 4.78 is 0.